The number of rotatable bonds is 7. The lowest BCUT2D eigenvalue weighted by atomic mass is 10.1. The lowest BCUT2D eigenvalue weighted by molar-refractivity contribution is -0.255. The number of hydrogen-bond donors (Lipinski definition) is 1. The van der Waals surface area contributed by atoms with Crippen molar-refractivity contribution in [3.8, 4) is 11.5 Å². The first-order valence-electron chi connectivity index (χ1n) is 7.18. The molecule has 0 atom stereocenters. The Hall–Kier alpha value is -2.55. The van der Waals surface area contributed by atoms with E-state index < -0.39 is 11.9 Å². The minimum absolute atomic E-state index is 0.0280. The molecule has 7 heteroatoms. The van der Waals surface area contributed by atoms with E-state index in [2.05, 4.69) is 6.58 Å². The summed E-state index contributed by atoms with van der Waals surface area (Å²) >= 11 is 1.94. The van der Waals surface area contributed by atoms with Gasteiger partial charge in [0, 0.05) is 0 Å². The SMILES string of the molecule is C=Cc1ccc(C(=O)OCCOc2ccc(C(=O)[O-])cc2I)c(O)c1. The van der Waals surface area contributed by atoms with Crippen LogP contribution in [-0.4, -0.2) is 30.3 Å². The molecule has 2 rings (SSSR count). The van der Waals surface area contributed by atoms with Crippen LogP contribution in [0.5, 0.6) is 11.5 Å². The van der Waals surface area contributed by atoms with Crippen LogP contribution in [0.2, 0.25) is 0 Å². The summed E-state index contributed by atoms with van der Waals surface area (Å²) in [6, 6.07) is 8.82. The summed E-state index contributed by atoms with van der Waals surface area (Å²) in [5.41, 5.74) is 0.798. The van der Waals surface area contributed by atoms with Gasteiger partial charge in [0.05, 0.1) is 9.54 Å². The number of hydrogen-bond acceptors (Lipinski definition) is 6. The summed E-state index contributed by atoms with van der Waals surface area (Å²) < 4.78 is 11.1. The van der Waals surface area contributed by atoms with Gasteiger partial charge in [-0.15, -0.1) is 0 Å². The van der Waals surface area contributed by atoms with Crippen molar-refractivity contribution in [3.05, 3.63) is 63.2 Å². The van der Waals surface area contributed by atoms with E-state index in [1.54, 1.807) is 12.1 Å². The largest absolute Gasteiger partial charge is 0.545 e. The zero-order valence-corrected chi connectivity index (χ0v) is 15.2. The van der Waals surface area contributed by atoms with Crippen molar-refractivity contribution in [2.45, 2.75) is 0 Å². The van der Waals surface area contributed by atoms with Crippen molar-refractivity contribution in [2.75, 3.05) is 13.2 Å². The predicted molar refractivity (Wildman–Crippen MR) is 97.5 cm³/mol. The van der Waals surface area contributed by atoms with Crippen LogP contribution in [0.15, 0.2) is 43.0 Å². The number of carbonyl (C=O) groups excluding carboxylic acids is 2. The maximum Gasteiger partial charge on any atom is 0.342 e. The van der Waals surface area contributed by atoms with Gasteiger partial charge in [-0.3, -0.25) is 0 Å². The van der Waals surface area contributed by atoms with Crippen molar-refractivity contribution in [1.29, 1.82) is 0 Å². The average Bonchev–Trinajstić information content (AvgIpc) is 2.59. The molecule has 0 spiro atoms. The van der Waals surface area contributed by atoms with E-state index in [1.807, 2.05) is 22.6 Å². The number of aromatic carboxylic acids is 1. The Kier molecular flexibility index (Phi) is 6.40. The van der Waals surface area contributed by atoms with Crippen LogP contribution < -0.4 is 9.84 Å². The third-order valence-corrected chi connectivity index (χ3v) is 4.06. The van der Waals surface area contributed by atoms with E-state index in [-0.39, 0.29) is 30.1 Å². The van der Waals surface area contributed by atoms with Crippen molar-refractivity contribution in [3.63, 3.8) is 0 Å². The molecule has 25 heavy (non-hydrogen) atoms. The summed E-state index contributed by atoms with van der Waals surface area (Å²) in [6.45, 7) is 3.63. The van der Waals surface area contributed by atoms with Crippen molar-refractivity contribution >= 4 is 40.6 Å². The molecule has 0 aliphatic rings. The number of phenolic OH excluding ortho intramolecular Hbond substituents is 1. The molecule has 1 N–H and O–H groups in total. The van der Waals surface area contributed by atoms with Gasteiger partial charge in [-0.1, -0.05) is 18.7 Å². The van der Waals surface area contributed by atoms with E-state index in [1.165, 1.54) is 30.3 Å². The van der Waals surface area contributed by atoms with E-state index >= 15 is 0 Å². The molecule has 0 saturated carbocycles. The Bertz CT molecular complexity index is 815. The fraction of sp³-hybridized carbons (Fsp3) is 0.111. The number of carboxylic acids is 1. The van der Waals surface area contributed by atoms with Gasteiger partial charge < -0.3 is 24.5 Å². The van der Waals surface area contributed by atoms with Crippen LogP contribution in [0.4, 0.5) is 0 Å². The fourth-order valence-electron chi connectivity index (χ4n) is 1.96. The zero-order chi connectivity index (χ0) is 18.4. The highest BCUT2D eigenvalue weighted by atomic mass is 127. The first kappa shape index (κ1) is 18.8. The van der Waals surface area contributed by atoms with Crippen molar-refractivity contribution in [1.82, 2.24) is 0 Å². The standard InChI is InChI=1S/C18H15IO6/c1-2-11-3-5-13(15(20)9-11)18(23)25-8-7-24-16-6-4-12(17(21)22)10-14(16)19/h2-6,9-10,20H,1,7-8H2,(H,21,22)/p-1. The number of aromatic hydroxyl groups is 1. The molecule has 0 radical (unpaired) electrons. The highest BCUT2D eigenvalue weighted by Crippen LogP contribution is 2.22. The minimum atomic E-state index is -1.26. The molecule has 0 fully saturated rings. The molecular weight excluding hydrogens is 439 g/mol. The summed E-state index contributed by atoms with van der Waals surface area (Å²) in [4.78, 5) is 22.7. The molecule has 0 aromatic heterocycles. The number of ether oxygens (including phenoxy) is 2. The monoisotopic (exact) mass is 453 g/mol. The first-order chi connectivity index (χ1) is 11.9. The number of carboxylic acid groups (broad SMARTS) is 1. The normalized spacial score (nSPS) is 10.1. The molecule has 0 amide bonds. The number of carbonyl (C=O) groups is 2. The van der Waals surface area contributed by atoms with Crippen LogP contribution in [-0.2, 0) is 4.74 Å². The third kappa shape index (κ3) is 4.96. The summed E-state index contributed by atoms with van der Waals surface area (Å²) in [5, 5.41) is 20.6. The van der Waals surface area contributed by atoms with E-state index in [4.69, 9.17) is 9.47 Å². The second kappa shape index (κ2) is 8.52. The molecule has 0 unspecified atom stereocenters. The fourth-order valence-corrected chi connectivity index (χ4v) is 2.63. The summed E-state index contributed by atoms with van der Waals surface area (Å²) in [5.74, 6) is -1.64. The average molecular weight is 453 g/mol. The Labute approximate surface area is 157 Å². The lowest BCUT2D eigenvalue weighted by Gasteiger charge is -2.11. The third-order valence-electron chi connectivity index (χ3n) is 3.22. The maximum atomic E-state index is 11.9. The molecule has 0 aliphatic heterocycles. The van der Waals surface area contributed by atoms with Gasteiger partial charge in [0.2, 0.25) is 0 Å². The summed E-state index contributed by atoms with van der Waals surface area (Å²) in [7, 11) is 0. The van der Waals surface area contributed by atoms with Crippen LogP contribution in [0, 0.1) is 3.57 Å². The van der Waals surface area contributed by atoms with Gasteiger partial charge in [0.1, 0.15) is 30.3 Å². The Morgan fingerprint density at radius 2 is 1.96 bits per heavy atom. The van der Waals surface area contributed by atoms with Gasteiger partial charge in [0.25, 0.3) is 0 Å². The predicted octanol–water partition coefficient (Wildman–Crippen LogP) is 2.24. The molecule has 2 aromatic carbocycles. The maximum absolute atomic E-state index is 11.9. The van der Waals surface area contributed by atoms with Crippen LogP contribution in [0.25, 0.3) is 6.08 Å². The van der Waals surface area contributed by atoms with Gasteiger partial charge in [0.15, 0.2) is 0 Å². The second-order valence-corrected chi connectivity index (χ2v) is 6.06. The molecular formula is C18H14IO6-. The molecule has 0 bridgehead atoms. The second-order valence-electron chi connectivity index (χ2n) is 4.90. The van der Waals surface area contributed by atoms with Gasteiger partial charge in [-0.05, 0) is 64.0 Å². The van der Waals surface area contributed by atoms with Crippen LogP contribution in [0.3, 0.4) is 0 Å². The highest BCUT2D eigenvalue weighted by molar-refractivity contribution is 14.1. The number of halogens is 1. The van der Waals surface area contributed by atoms with E-state index in [9.17, 15) is 19.8 Å². The van der Waals surface area contributed by atoms with Gasteiger partial charge >= 0.3 is 5.97 Å². The number of esters is 1. The Morgan fingerprint density at radius 3 is 2.56 bits per heavy atom. The smallest absolute Gasteiger partial charge is 0.342 e. The van der Waals surface area contributed by atoms with E-state index in [0.717, 1.165) is 0 Å². The quantitative estimate of drug-likeness (QED) is 0.393. The summed E-state index contributed by atoms with van der Waals surface area (Å²) in [6.07, 6.45) is 1.55. The molecule has 130 valence electrons. The number of phenols is 1. The van der Waals surface area contributed by atoms with E-state index in [0.29, 0.717) is 14.9 Å². The minimum Gasteiger partial charge on any atom is -0.545 e. The number of benzene rings is 2. The topological polar surface area (TPSA) is 95.9 Å². The van der Waals surface area contributed by atoms with Crippen LogP contribution in [0.1, 0.15) is 26.3 Å². The zero-order valence-electron chi connectivity index (χ0n) is 13.0. The first-order valence-corrected chi connectivity index (χ1v) is 8.26. The molecule has 0 aliphatic carbocycles. The molecule has 2 aromatic rings. The Balaban J connectivity index is 1.88. The van der Waals surface area contributed by atoms with Crippen molar-refractivity contribution in [2.24, 2.45) is 0 Å². The highest BCUT2D eigenvalue weighted by Gasteiger charge is 2.13. The molecule has 6 nitrogen and oxygen atoms in total. The van der Waals surface area contributed by atoms with Gasteiger partial charge in [-0.2, -0.15) is 0 Å². The molecule has 0 heterocycles. The lowest BCUT2D eigenvalue weighted by Crippen LogP contribution is -2.22. The Morgan fingerprint density at radius 1 is 1.20 bits per heavy atom. The van der Waals surface area contributed by atoms with Gasteiger partial charge in [-0.25, -0.2) is 4.79 Å². The molecule has 0 saturated heterocycles. The van der Waals surface area contributed by atoms with Crippen LogP contribution >= 0.6 is 22.6 Å². The van der Waals surface area contributed by atoms with Crippen molar-refractivity contribution < 1.29 is 29.3 Å².